The molecule has 18 heavy (non-hydrogen) atoms. The number of benzene rings is 1. The van der Waals surface area contributed by atoms with Crippen LogP contribution in [0.1, 0.15) is 24.5 Å². The number of carbonyl (C=O) groups is 2. The van der Waals surface area contributed by atoms with Crippen molar-refractivity contribution in [2.24, 2.45) is 0 Å². The van der Waals surface area contributed by atoms with E-state index in [0.717, 1.165) is 11.1 Å². The summed E-state index contributed by atoms with van der Waals surface area (Å²) in [6.45, 7) is 4.06. The molecule has 5 heteroatoms. The molecule has 0 radical (unpaired) electrons. The van der Waals surface area contributed by atoms with Gasteiger partial charge in [-0.2, -0.15) is 0 Å². The van der Waals surface area contributed by atoms with Crippen molar-refractivity contribution >= 4 is 12.0 Å². The van der Waals surface area contributed by atoms with Crippen LogP contribution in [0.15, 0.2) is 24.3 Å². The van der Waals surface area contributed by atoms with E-state index in [1.54, 1.807) is 6.92 Å². The Hall–Kier alpha value is -2.04. The molecule has 5 nitrogen and oxygen atoms in total. The van der Waals surface area contributed by atoms with Crippen LogP contribution in [0.5, 0.6) is 0 Å². The van der Waals surface area contributed by atoms with E-state index in [1.165, 1.54) is 0 Å². The van der Waals surface area contributed by atoms with Crippen molar-refractivity contribution in [1.29, 1.82) is 0 Å². The van der Waals surface area contributed by atoms with E-state index in [4.69, 9.17) is 5.11 Å². The van der Waals surface area contributed by atoms with Gasteiger partial charge < -0.3 is 15.7 Å². The number of carbonyl (C=O) groups excluding carboxylic acids is 1. The highest BCUT2D eigenvalue weighted by molar-refractivity contribution is 5.82. The molecular weight excluding hydrogens is 232 g/mol. The summed E-state index contributed by atoms with van der Waals surface area (Å²) >= 11 is 0. The Morgan fingerprint density at radius 2 is 2.11 bits per heavy atom. The predicted molar refractivity (Wildman–Crippen MR) is 68.3 cm³/mol. The lowest BCUT2D eigenvalue weighted by Crippen LogP contribution is -2.45. The van der Waals surface area contributed by atoms with Gasteiger partial charge in [0.25, 0.3) is 0 Å². The molecule has 1 aromatic rings. The van der Waals surface area contributed by atoms with E-state index in [0.29, 0.717) is 13.0 Å². The number of aryl methyl sites for hydroxylation is 1. The number of rotatable bonds is 5. The molecule has 0 aliphatic rings. The molecule has 2 amide bonds. The summed E-state index contributed by atoms with van der Waals surface area (Å²) in [4.78, 5) is 22.2. The van der Waals surface area contributed by atoms with Gasteiger partial charge in [-0.05, 0) is 18.9 Å². The quantitative estimate of drug-likeness (QED) is 0.743. The third-order valence-corrected chi connectivity index (χ3v) is 2.55. The maximum absolute atomic E-state index is 11.5. The number of nitrogens with one attached hydrogen (secondary N) is 2. The molecule has 0 saturated heterocycles. The Morgan fingerprint density at radius 1 is 1.39 bits per heavy atom. The van der Waals surface area contributed by atoms with Crippen LogP contribution in [0, 0.1) is 6.92 Å². The van der Waals surface area contributed by atoms with Crippen molar-refractivity contribution in [2.45, 2.75) is 32.9 Å². The molecular formula is C13H18N2O3. The first-order valence-electron chi connectivity index (χ1n) is 5.85. The zero-order valence-corrected chi connectivity index (χ0v) is 10.6. The zero-order chi connectivity index (χ0) is 13.5. The van der Waals surface area contributed by atoms with Gasteiger partial charge in [-0.1, -0.05) is 36.8 Å². The number of aliphatic carboxylic acids is 1. The Bertz CT molecular complexity index is 432. The minimum Gasteiger partial charge on any atom is -0.480 e. The number of amides is 2. The van der Waals surface area contributed by atoms with Gasteiger partial charge in [-0.3, -0.25) is 0 Å². The lowest BCUT2D eigenvalue weighted by Gasteiger charge is -2.13. The van der Waals surface area contributed by atoms with E-state index < -0.39 is 18.0 Å². The Kier molecular flexibility index (Phi) is 5.17. The van der Waals surface area contributed by atoms with Crippen LogP contribution in [0.4, 0.5) is 4.79 Å². The summed E-state index contributed by atoms with van der Waals surface area (Å²) in [7, 11) is 0. The molecule has 0 heterocycles. The fourth-order valence-electron chi connectivity index (χ4n) is 1.55. The van der Waals surface area contributed by atoms with Crippen molar-refractivity contribution in [3.8, 4) is 0 Å². The van der Waals surface area contributed by atoms with Crippen molar-refractivity contribution < 1.29 is 14.7 Å². The molecule has 0 spiro atoms. The second-order valence-corrected chi connectivity index (χ2v) is 4.12. The van der Waals surface area contributed by atoms with Gasteiger partial charge in [-0.15, -0.1) is 0 Å². The van der Waals surface area contributed by atoms with E-state index in [-0.39, 0.29) is 0 Å². The predicted octanol–water partition coefficient (Wildman–Crippen LogP) is 1.66. The van der Waals surface area contributed by atoms with E-state index in [9.17, 15) is 9.59 Å². The molecule has 0 aromatic heterocycles. The van der Waals surface area contributed by atoms with Crippen molar-refractivity contribution in [3.05, 3.63) is 35.4 Å². The number of carboxylic acids is 1. The lowest BCUT2D eigenvalue weighted by atomic mass is 10.1. The van der Waals surface area contributed by atoms with Gasteiger partial charge in [0, 0.05) is 6.54 Å². The average Bonchev–Trinajstić information content (AvgIpc) is 2.33. The van der Waals surface area contributed by atoms with Crippen molar-refractivity contribution in [3.63, 3.8) is 0 Å². The molecule has 1 atom stereocenters. The second-order valence-electron chi connectivity index (χ2n) is 4.12. The van der Waals surface area contributed by atoms with Crippen LogP contribution in [0.25, 0.3) is 0 Å². The minimum atomic E-state index is -1.02. The zero-order valence-electron chi connectivity index (χ0n) is 10.6. The third kappa shape index (κ3) is 4.45. The normalized spacial score (nSPS) is 11.7. The van der Waals surface area contributed by atoms with E-state index in [2.05, 4.69) is 10.6 Å². The Morgan fingerprint density at radius 3 is 2.67 bits per heavy atom. The number of hydrogen-bond acceptors (Lipinski definition) is 2. The first-order valence-corrected chi connectivity index (χ1v) is 5.85. The molecule has 0 unspecified atom stereocenters. The lowest BCUT2D eigenvalue weighted by molar-refractivity contribution is -0.139. The third-order valence-electron chi connectivity index (χ3n) is 2.55. The second kappa shape index (κ2) is 6.64. The highest BCUT2D eigenvalue weighted by Crippen LogP contribution is 2.03. The summed E-state index contributed by atoms with van der Waals surface area (Å²) in [6, 6.07) is 6.45. The summed E-state index contributed by atoms with van der Waals surface area (Å²) in [5.41, 5.74) is 2.10. The SMILES string of the molecule is CC[C@@H](NC(=O)NCc1cccc(C)c1)C(=O)O. The smallest absolute Gasteiger partial charge is 0.326 e. The summed E-state index contributed by atoms with van der Waals surface area (Å²) in [6.07, 6.45) is 0.354. The van der Waals surface area contributed by atoms with Gasteiger partial charge in [0.05, 0.1) is 0 Å². The first-order chi connectivity index (χ1) is 8.52. The average molecular weight is 250 g/mol. The first kappa shape index (κ1) is 14.0. The molecule has 0 aliphatic carbocycles. The fraction of sp³-hybridized carbons (Fsp3) is 0.385. The van der Waals surface area contributed by atoms with Crippen molar-refractivity contribution in [1.82, 2.24) is 10.6 Å². The van der Waals surface area contributed by atoms with Gasteiger partial charge in [0.1, 0.15) is 6.04 Å². The largest absolute Gasteiger partial charge is 0.480 e. The molecule has 1 aromatic carbocycles. The van der Waals surface area contributed by atoms with Gasteiger partial charge in [0.2, 0.25) is 0 Å². The standard InChI is InChI=1S/C13H18N2O3/c1-3-11(12(16)17)15-13(18)14-8-10-6-4-5-9(2)7-10/h4-7,11H,3,8H2,1-2H3,(H,16,17)(H2,14,15,18)/t11-/m1/s1. The summed E-state index contributed by atoms with van der Waals surface area (Å²) in [5.74, 6) is -1.02. The monoisotopic (exact) mass is 250 g/mol. The maximum atomic E-state index is 11.5. The summed E-state index contributed by atoms with van der Waals surface area (Å²) in [5, 5.41) is 13.8. The number of hydrogen-bond donors (Lipinski definition) is 3. The molecule has 0 aliphatic heterocycles. The fourth-order valence-corrected chi connectivity index (χ4v) is 1.55. The minimum absolute atomic E-state index is 0.354. The van der Waals surface area contributed by atoms with Gasteiger partial charge in [-0.25, -0.2) is 9.59 Å². The van der Waals surface area contributed by atoms with Gasteiger partial charge >= 0.3 is 12.0 Å². The maximum Gasteiger partial charge on any atom is 0.326 e. The Balaban J connectivity index is 2.44. The van der Waals surface area contributed by atoms with Crippen molar-refractivity contribution in [2.75, 3.05) is 0 Å². The van der Waals surface area contributed by atoms with Crippen LogP contribution < -0.4 is 10.6 Å². The molecule has 1 rings (SSSR count). The van der Waals surface area contributed by atoms with Crippen LogP contribution in [-0.2, 0) is 11.3 Å². The number of carboxylic acid groups (broad SMARTS) is 1. The summed E-state index contributed by atoms with van der Waals surface area (Å²) < 4.78 is 0. The Labute approximate surface area is 106 Å². The van der Waals surface area contributed by atoms with Crippen LogP contribution in [0.3, 0.4) is 0 Å². The molecule has 0 fully saturated rings. The topological polar surface area (TPSA) is 78.4 Å². The van der Waals surface area contributed by atoms with Crippen LogP contribution >= 0.6 is 0 Å². The van der Waals surface area contributed by atoms with Crippen LogP contribution in [0.2, 0.25) is 0 Å². The highest BCUT2D eigenvalue weighted by Gasteiger charge is 2.16. The highest BCUT2D eigenvalue weighted by atomic mass is 16.4. The molecule has 0 saturated carbocycles. The molecule has 3 N–H and O–H groups in total. The van der Waals surface area contributed by atoms with E-state index >= 15 is 0 Å². The number of urea groups is 1. The molecule has 98 valence electrons. The molecule has 0 bridgehead atoms. The van der Waals surface area contributed by atoms with Gasteiger partial charge in [0.15, 0.2) is 0 Å². The van der Waals surface area contributed by atoms with E-state index in [1.807, 2.05) is 31.2 Å². The van der Waals surface area contributed by atoms with Crippen LogP contribution in [-0.4, -0.2) is 23.1 Å².